The van der Waals surface area contributed by atoms with Gasteiger partial charge in [0.25, 0.3) is 0 Å². The fraction of sp³-hybridized carbons (Fsp3) is 0.750. The fourth-order valence-electron chi connectivity index (χ4n) is 3.21. The average molecular weight is 320 g/mol. The molecule has 1 unspecified atom stereocenters. The third-order valence-corrected chi connectivity index (χ3v) is 4.72. The van der Waals surface area contributed by atoms with E-state index in [0.29, 0.717) is 18.5 Å². The van der Waals surface area contributed by atoms with E-state index in [1.54, 1.807) is 7.05 Å². The maximum atomic E-state index is 5.35. The number of fused-ring (bicyclic) bond motifs is 3. The van der Waals surface area contributed by atoms with E-state index in [0.717, 1.165) is 30.5 Å². The highest BCUT2D eigenvalue weighted by molar-refractivity contribution is 5.79. The number of guanidine groups is 1. The molecule has 3 fully saturated rings. The lowest BCUT2D eigenvalue weighted by Gasteiger charge is -2.47. The summed E-state index contributed by atoms with van der Waals surface area (Å²) in [4.78, 5) is 9.41. The van der Waals surface area contributed by atoms with Gasteiger partial charge in [-0.1, -0.05) is 19.0 Å². The van der Waals surface area contributed by atoms with Gasteiger partial charge >= 0.3 is 0 Å². The lowest BCUT2D eigenvalue weighted by Crippen LogP contribution is -2.63. The summed E-state index contributed by atoms with van der Waals surface area (Å²) in [7, 11) is 1.80. The van der Waals surface area contributed by atoms with Crippen LogP contribution in [-0.4, -0.2) is 73.3 Å². The first kappa shape index (κ1) is 16.3. The molecule has 7 heteroatoms. The largest absolute Gasteiger partial charge is 0.359 e. The zero-order valence-electron chi connectivity index (χ0n) is 14.4. The molecule has 0 spiro atoms. The lowest BCUT2D eigenvalue weighted by atomic mass is 10.1. The first-order valence-electron chi connectivity index (χ1n) is 8.52. The van der Waals surface area contributed by atoms with E-state index in [4.69, 9.17) is 4.52 Å². The quantitative estimate of drug-likeness (QED) is 0.607. The van der Waals surface area contributed by atoms with Gasteiger partial charge in [-0.3, -0.25) is 14.8 Å². The summed E-state index contributed by atoms with van der Waals surface area (Å²) in [6.07, 6.45) is 0. The number of rotatable bonds is 5. The highest BCUT2D eigenvalue weighted by atomic mass is 16.5. The standard InChI is InChI=1S/C16H28N6O/c1-12(2)15-8-14(23-20-15)10-19-16(17-3)18-9-13-11-21-4-6-22(13)7-5-21/h8,12-13H,4-7,9-11H2,1-3H3,(H2,17,18,19). The molecule has 3 aliphatic rings. The third-order valence-electron chi connectivity index (χ3n) is 4.72. The molecular weight excluding hydrogens is 292 g/mol. The first-order valence-corrected chi connectivity index (χ1v) is 8.52. The van der Waals surface area contributed by atoms with Gasteiger partial charge in [0.2, 0.25) is 0 Å². The normalized spacial score (nSPS) is 27.5. The van der Waals surface area contributed by atoms with Crippen molar-refractivity contribution in [1.82, 2.24) is 25.6 Å². The van der Waals surface area contributed by atoms with Crippen LogP contribution in [0.25, 0.3) is 0 Å². The number of nitrogens with one attached hydrogen (secondary N) is 2. The molecule has 1 aromatic heterocycles. The molecule has 3 saturated heterocycles. The van der Waals surface area contributed by atoms with E-state index in [2.05, 4.69) is 44.4 Å². The molecule has 4 heterocycles. The molecule has 0 aromatic carbocycles. The Hall–Kier alpha value is -1.60. The number of hydrogen-bond donors (Lipinski definition) is 2. The zero-order valence-corrected chi connectivity index (χ0v) is 14.4. The first-order chi connectivity index (χ1) is 11.2. The monoisotopic (exact) mass is 320 g/mol. The Morgan fingerprint density at radius 1 is 1.35 bits per heavy atom. The van der Waals surface area contributed by atoms with E-state index < -0.39 is 0 Å². The van der Waals surface area contributed by atoms with Crippen LogP contribution in [0.4, 0.5) is 0 Å². The minimum atomic E-state index is 0.385. The molecular formula is C16H28N6O. The van der Waals surface area contributed by atoms with Crippen molar-refractivity contribution in [3.63, 3.8) is 0 Å². The minimum absolute atomic E-state index is 0.385. The minimum Gasteiger partial charge on any atom is -0.359 e. The summed E-state index contributed by atoms with van der Waals surface area (Å²) in [6, 6.07) is 2.58. The second-order valence-corrected chi connectivity index (χ2v) is 6.67. The summed E-state index contributed by atoms with van der Waals surface area (Å²) in [5.74, 6) is 2.03. The number of nitrogens with zero attached hydrogens (tertiary/aromatic N) is 4. The SMILES string of the molecule is CN=C(NCc1cc(C(C)C)no1)NCC1CN2CCN1CC2. The van der Waals surface area contributed by atoms with Crippen LogP contribution in [0.5, 0.6) is 0 Å². The maximum Gasteiger partial charge on any atom is 0.191 e. The molecule has 0 saturated carbocycles. The number of aliphatic imine (C=N–C) groups is 1. The second kappa shape index (κ2) is 7.31. The van der Waals surface area contributed by atoms with E-state index in [1.807, 2.05) is 6.07 Å². The Morgan fingerprint density at radius 3 is 2.70 bits per heavy atom. The van der Waals surface area contributed by atoms with Crippen molar-refractivity contribution >= 4 is 5.96 Å². The van der Waals surface area contributed by atoms with Crippen LogP contribution < -0.4 is 10.6 Å². The third kappa shape index (κ3) is 4.03. The Bertz CT molecular complexity index is 532. The van der Waals surface area contributed by atoms with Crippen molar-refractivity contribution in [2.24, 2.45) is 4.99 Å². The molecule has 2 N–H and O–H groups in total. The topological polar surface area (TPSA) is 68.9 Å². The van der Waals surface area contributed by atoms with Crippen molar-refractivity contribution in [2.45, 2.75) is 32.4 Å². The van der Waals surface area contributed by atoms with Crippen LogP contribution >= 0.6 is 0 Å². The van der Waals surface area contributed by atoms with Crippen LogP contribution in [-0.2, 0) is 6.54 Å². The van der Waals surface area contributed by atoms with Crippen molar-refractivity contribution in [1.29, 1.82) is 0 Å². The number of piperazine rings is 3. The van der Waals surface area contributed by atoms with Crippen LogP contribution in [0.1, 0.15) is 31.2 Å². The molecule has 1 aromatic rings. The predicted molar refractivity (Wildman–Crippen MR) is 90.6 cm³/mol. The van der Waals surface area contributed by atoms with Gasteiger partial charge in [-0.25, -0.2) is 0 Å². The van der Waals surface area contributed by atoms with Crippen molar-refractivity contribution in [3.8, 4) is 0 Å². The smallest absolute Gasteiger partial charge is 0.191 e. The van der Waals surface area contributed by atoms with Gasteiger partial charge < -0.3 is 15.2 Å². The summed E-state index contributed by atoms with van der Waals surface area (Å²) in [5, 5.41) is 10.8. The second-order valence-electron chi connectivity index (χ2n) is 6.67. The van der Waals surface area contributed by atoms with E-state index in [-0.39, 0.29) is 0 Å². The molecule has 128 valence electrons. The molecule has 23 heavy (non-hydrogen) atoms. The van der Waals surface area contributed by atoms with Gasteiger partial charge in [-0.05, 0) is 5.92 Å². The number of aromatic nitrogens is 1. The van der Waals surface area contributed by atoms with Gasteiger partial charge in [0, 0.05) is 58.4 Å². The zero-order chi connectivity index (χ0) is 16.2. The average Bonchev–Trinajstić information content (AvgIpc) is 3.05. The van der Waals surface area contributed by atoms with Crippen molar-refractivity contribution < 1.29 is 4.52 Å². The van der Waals surface area contributed by atoms with Crippen LogP contribution in [0.3, 0.4) is 0 Å². The van der Waals surface area contributed by atoms with Gasteiger partial charge in [0.1, 0.15) is 0 Å². The Balaban J connectivity index is 1.44. The maximum absolute atomic E-state index is 5.35. The van der Waals surface area contributed by atoms with Crippen LogP contribution in [0, 0.1) is 0 Å². The van der Waals surface area contributed by atoms with E-state index in [9.17, 15) is 0 Å². The highest BCUT2D eigenvalue weighted by Crippen LogP contribution is 2.15. The van der Waals surface area contributed by atoms with Gasteiger partial charge in [0.15, 0.2) is 11.7 Å². The van der Waals surface area contributed by atoms with Crippen molar-refractivity contribution in [3.05, 3.63) is 17.5 Å². The predicted octanol–water partition coefficient (Wildman–Crippen LogP) is 0.463. The summed E-state index contributed by atoms with van der Waals surface area (Å²) in [5.41, 5.74) is 0.991. The van der Waals surface area contributed by atoms with Crippen molar-refractivity contribution in [2.75, 3.05) is 46.3 Å². The molecule has 7 nitrogen and oxygen atoms in total. The fourth-order valence-corrected chi connectivity index (χ4v) is 3.21. The summed E-state index contributed by atoms with van der Waals surface area (Å²) < 4.78 is 5.35. The Labute approximate surface area is 138 Å². The van der Waals surface area contributed by atoms with Crippen LogP contribution in [0.2, 0.25) is 0 Å². The molecule has 0 amide bonds. The Morgan fingerprint density at radius 2 is 2.13 bits per heavy atom. The Kier molecular flexibility index (Phi) is 5.17. The molecule has 4 rings (SSSR count). The van der Waals surface area contributed by atoms with Gasteiger partial charge in [0.05, 0.1) is 12.2 Å². The van der Waals surface area contributed by atoms with E-state index >= 15 is 0 Å². The molecule has 0 aliphatic carbocycles. The van der Waals surface area contributed by atoms with Gasteiger partial charge in [-0.2, -0.15) is 0 Å². The number of hydrogen-bond acceptors (Lipinski definition) is 5. The van der Waals surface area contributed by atoms with Crippen LogP contribution in [0.15, 0.2) is 15.6 Å². The van der Waals surface area contributed by atoms with E-state index in [1.165, 1.54) is 26.2 Å². The summed E-state index contributed by atoms with van der Waals surface area (Å²) in [6.45, 7) is 11.7. The molecule has 1 atom stereocenters. The summed E-state index contributed by atoms with van der Waals surface area (Å²) >= 11 is 0. The van der Waals surface area contributed by atoms with Gasteiger partial charge in [-0.15, -0.1) is 0 Å². The molecule has 3 aliphatic heterocycles. The molecule has 0 radical (unpaired) electrons. The molecule has 2 bridgehead atoms. The highest BCUT2D eigenvalue weighted by Gasteiger charge is 2.31. The lowest BCUT2D eigenvalue weighted by molar-refractivity contribution is 0.0154.